The predicted molar refractivity (Wildman–Crippen MR) is 61.2 cm³/mol. The molecule has 7 heteroatoms. The molecular weight excluding hydrogens is 218 g/mol. The molecule has 0 fully saturated rings. The van der Waals surface area contributed by atoms with E-state index in [2.05, 4.69) is 20.2 Å². The van der Waals surface area contributed by atoms with Gasteiger partial charge < -0.3 is 5.73 Å². The molecule has 0 saturated heterocycles. The van der Waals surface area contributed by atoms with Crippen LogP contribution in [-0.4, -0.2) is 29.4 Å². The summed E-state index contributed by atoms with van der Waals surface area (Å²) in [5, 5.41) is 8.59. The van der Waals surface area contributed by atoms with Gasteiger partial charge in [-0.2, -0.15) is 10.2 Å². The van der Waals surface area contributed by atoms with Crippen molar-refractivity contribution in [2.45, 2.75) is 6.42 Å². The summed E-state index contributed by atoms with van der Waals surface area (Å²) in [4.78, 5) is 8.15. The van der Waals surface area contributed by atoms with Gasteiger partial charge in [-0.3, -0.25) is 4.68 Å². The number of rotatable bonds is 2. The summed E-state index contributed by atoms with van der Waals surface area (Å²) in [7, 11) is 1.83. The molecule has 0 saturated carbocycles. The summed E-state index contributed by atoms with van der Waals surface area (Å²) in [6, 6.07) is 1.83. The van der Waals surface area contributed by atoms with Gasteiger partial charge in [-0.05, 0) is 6.07 Å². The molecule has 0 bridgehead atoms. The van der Waals surface area contributed by atoms with Crippen LogP contribution < -0.4 is 5.73 Å². The molecule has 3 rings (SSSR count). The molecule has 17 heavy (non-hydrogen) atoms. The molecule has 0 spiro atoms. The largest absolute Gasteiger partial charge is 0.397 e. The van der Waals surface area contributed by atoms with Crippen molar-refractivity contribution in [2.24, 2.45) is 7.05 Å². The molecule has 0 aliphatic heterocycles. The molecule has 2 N–H and O–H groups in total. The number of nitrogen functional groups attached to an aromatic ring is 1. The molecule has 3 heterocycles. The smallest absolute Gasteiger partial charge is 0.156 e. The van der Waals surface area contributed by atoms with Crippen LogP contribution in [-0.2, 0) is 13.5 Å². The summed E-state index contributed by atoms with van der Waals surface area (Å²) >= 11 is 0. The highest BCUT2D eigenvalue weighted by Crippen LogP contribution is 2.14. The molecule has 0 aliphatic carbocycles. The lowest BCUT2D eigenvalue weighted by atomic mass is 10.2. The Morgan fingerprint density at radius 2 is 2.18 bits per heavy atom. The Morgan fingerprint density at radius 3 is 2.94 bits per heavy atom. The second-order valence-electron chi connectivity index (χ2n) is 3.83. The Morgan fingerprint density at radius 1 is 1.29 bits per heavy atom. The minimum atomic E-state index is 0.555. The van der Waals surface area contributed by atoms with Gasteiger partial charge in [-0.25, -0.2) is 14.5 Å². The number of hydrogen-bond donors (Lipinski definition) is 1. The maximum Gasteiger partial charge on any atom is 0.156 e. The number of anilines is 1. The maximum atomic E-state index is 5.91. The number of nitrogens with zero attached hydrogens (tertiary/aromatic N) is 6. The lowest BCUT2D eigenvalue weighted by Crippen LogP contribution is -2.03. The second-order valence-corrected chi connectivity index (χ2v) is 3.83. The zero-order valence-corrected chi connectivity index (χ0v) is 9.28. The predicted octanol–water partition coefficient (Wildman–Crippen LogP) is 0.0308. The number of imidazole rings is 1. The van der Waals surface area contributed by atoms with Crippen molar-refractivity contribution < 1.29 is 0 Å². The highest BCUT2D eigenvalue weighted by Gasteiger charge is 2.06. The summed E-state index contributed by atoms with van der Waals surface area (Å²) in [5.74, 6) is 0.721. The minimum Gasteiger partial charge on any atom is -0.397 e. The zero-order chi connectivity index (χ0) is 11.8. The topological polar surface area (TPSA) is 86.9 Å². The van der Waals surface area contributed by atoms with E-state index in [9.17, 15) is 0 Å². The number of aryl methyl sites for hydroxylation is 1. The van der Waals surface area contributed by atoms with E-state index in [1.165, 1.54) is 0 Å². The molecule has 3 aromatic heterocycles. The van der Waals surface area contributed by atoms with Gasteiger partial charge in [0.05, 0.1) is 24.0 Å². The van der Waals surface area contributed by atoms with Gasteiger partial charge >= 0.3 is 0 Å². The average molecular weight is 229 g/mol. The normalized spacial score (nSPS) is 11.1. The molecule has 3 aromatic rings. The molecule has 0 radical (unpaired) electrons. The fourth-order valence-electron chi connectivity index (χ4n) is 1.71. The monoisotopic (exact) mass is 229 g/mol. The van der Waals surface area contributed by atoms with Gasteiger partial charge in [0.1, 0.15) is 18.2 Å². The molecule has 0 unspecified atom stereocenters. The Labute approximate surface area is 96.9 Å². The van der Waals surface area contributed by atoms with Crippen molar-refractivity contribution in [3.63, 3.8) is 0 Å². The van der Waals surface area contributed by atoms with Crippen LogP contribution in [0.15, 0.2) is 24.9 Å². The van der Waals surface area contributed by atoms with Crippen molar-refractivity contribution in [3.8, 4) is 0 Å². The third kappa shape index (κ3) is 1.71. The van der Waals surface area contributed by atoms with Crippen LogP contribution in [0.3, 0.4) is 0 Å². The van der Waals surface area contributed by atoms with Crippen LogP contribution in [0.5, 0.6) is 0 Å². The quantitative estimate of drug-likeness (QED) is 0.670. The molecule has 7 nitrogen and oxygen atoms in total. The third-order valence-corrected chi connectivity index (χ3v) is 2.46. The summed E-state index contributed by atoms with van der Waals surface area (Å²) < 4.78 is 3.32. The summed E-state index contributed by atoms with van der Waals surface area (Å²) in [6.07, 6.45) is 5.53. The molecule has 86 valence electrons. The molecule has 0 amide bonds. The highest BCUT2D eigenvalue weighted by atomic mass is 15.3. The summed E-state index contributed by atoms with van der Waals surface area (Å²) in [5.41, 5.74) is 8.20. The van der Waals surface area contributed by atoms with Crippen LogP contribution in [0.2, 0.25) is 0 Å². The van der Waals surface area contributed by atoms with Crippen molar-refractivity contribution >= 4 is 11.2 Å². The Bertz CT molecular complexity index is 666. The first kappa shape index (κ1) is 9.76. The van der Waals surface area contributed by atoms with E-state index >= 15 is 0 Å². The number of hydrogen-bond acceptors (Lipinski definition) is 5. The molecule has 0 aromatic carbocycles. The van der Waals surface area contributed by atoms with E-state index in [4.69, 9.17) is 5.73 Å². The first-order valence-corrected chi connectivity index (χ1v) is 5.14. The zero-order valence-electron chi connectivity index (χ0n) is 9.28. The molecule has 0 aliphatic rings. The molecule has 0 atom stereocenters. The van der Waals surface area contributed by atoms with Crippen LogP contribution in [0, 0.1) is 0 Å². The lowest BCUT2D eigenvalue weighted by molar-refractivity contribution is 0.743. The van der Waals surface area contributed by atoms with Crippen molar-refractivity contribution in [1.29, 1.82) is 0 Å². The number of fused-ring (bicyclic) bond motifs is 1. The minimum absolute atomic E-state index is 0.555. The first-order chi connectivity index (χ1) is 8.22. The first-order valence-electron chi connectivity index (χ1n) is 5.14. The third-order valence-electron chi connectivity index (χ3n) is 2.46. The van der Waals surface area contributed by atoms with E-state index in [1.54, 1.807) is 28.0 Å². The van der Waals surface area contributed by atoms with Crippen LogP contribution in [0.4, 0.5) is 5.69 Å². The van der Waals surface area contributed by atoms with E-state index in [0.717, 1.165) is 17.0 Å². The molecular formula is C10H11N7. The van der Waals surface area contributed by atoms with Gasteiger partial charge in [0, 0.05) is 7.05 Å². The Balaban J connectivity index is 2.00. The SMILES string of the molecule is Cn1cnc(Cc2cc(N)c3cncn3n2)n1. The van der Waals surface area contributed by atoms with Gasteiger partial charge in [0.15, 0.2) is 5.82 Å². The summed E-state index contributed by atoms with van der Waals surface area (Å²) in [6.45, 7) is 0. The Hall–Kier alpha value is -2.44. The highest BCUT2D eigenvalue weighted by molar-refractivity contribution is 5.67. The second kappa shape index (κ2) is 3.55. The van der Waals surface area contributed by atoms with Crippen molar-refractivity contribution in [3.05, 3.63) is 36.4 Å². The van der Waals surface area contributed by atoms with Crippen molar-refractivity contribution in [1.82, 2.24) is 29.4 Å². The van der Waals surface area contributed by atoms with Crippen LogP contribution >= 0.6 is 0 Å². The lowest BCUT2D eigenvalue weighted by Gasteiger charge is -2.01. The van der Waals surface area contributed by atoms with Crippen molar-refractivity contribution in [2.75, 3.05) is 5.73 Å². The average Bonchev–Trinajstić information content (AvgIpc) is 2.87. The van der Waals surface area contributed by atoms with Gasteiger partial charge in [0.2, 0.25) is 0 Å². The van der Waals surface area contributed by atoms with Gasteiger partial charge in [-0.1, -0.05) is 0 Å². The van der Waals surface area contributed by atoms with Gasteiger partial charge in [0.25, 0.3) is 0 Å². The van der Waals surface area contributed by atoms with Gasteiger partial charge in [-0.15, -0.1) is 0 Å². The van der Waals surface area contributed by atoms with E-state index in [1.807, 2.05) is 13.1 Å². The van der Waals surface area contributed by atoms with E-state index in [0.29, 0.717) is 12.1 Å². The fourth-order valence-corrected chi connectivity index (χ4v) is 1.71. The van der Waals surface area contributed by atoms with Crippen LogP contribution in [0.1, 0.15) is 11.5 Å². The number of aromatic nitrogens is 6. The number of nitrogens with two attached hydrogens (primary N) is 1. The van der Waals surface area contributed by atoms with E-state index in [-0.39, 0.29) is 0 Å². The Kier molecular flexibility index (Phi) is 2.04. The van der Waals surface area contributed by atoms with Crippen LogP contribution in [0.25, 0.3) is 5.52 Å². The maximum absolute atomic E-state index is 5.91. The fraction of sp³-hybridized carbons (Fsp3) is 0.200. The van der Waals surface area contributed by atoms with E-state index < -0.39 is 0 Å². The standard InChI is InChI=1S/C10H11N7/c1-16-6-13-10(15-16)3-7-2-8(11)9-4-12-5-17(9)14-7/h2,4-6H,3,11H2,1H3.